The van der Waals surface area contributed by atoms with Crippen molar-refractivity contribution in [3.8, 4) is 22.8 Å². The molecule has 8 heteroatoms. The van der Waals surface area contributed by atoms with E-state index in [2.05, 4.69) is 20.7 Å². The number of halogens is 1. The number of hydrogen-bond acceptors (Lipinski definition) is 5. The molecule has 0 spiro atoms. The molecule has 3 aromatic carbocycles. The fourth-order valence-corrected chi connectivity index (χ4v) is 3.12. The third-order valence-corrected chi connectivity index (χ3v) is 5.02. The number of amides is 1. The van der Waals surface area contributed by atoms with Crippen LogP contribution >= 0.6 is 11.6 Å². The maximum atomic E-state index is 12.4. The highest BCUT2D eigenvalue weighted by Crippen LogP contribution is 2.24. The molecule has 0 bridgehead atoms. The highest BCUT2D eigenvalue weighted by molar-refractivity contribution is 6.30. The lowest BCUT2D eigenvalue weighted by molar-refractivity contribution is 0.0950. The van der Waals surface area contributed by atoms with Crippen LogP contribution in [0.15, 0.2) is 84.0 Å². The molecule has 7 nitrogen and oxygen atoms in total. The van der Waals surface area contributed by atoms with Gasteiger partial charge in [-0.15, -0.1) is 0 Å². The van der Waals surface area contributed by atoms with Gasteiger partial charge in [-0.1, -0.05) is 35.9 Å². The number of aromatic nitrogens is 2. The SMILES string of the molecule is COc1ccc(/C=N/NC(=O)c2cc(-c3cccc(OCc4ccc(Cl)cc4)c3)n[nH]2)cc1. The van der Waals surface area contributed by atoms with Crippen molar-refractivity contribution in [1.29, 1.82) is 0 Å². The standard InChI is InChI=1S/C25H21ClN4O3/c1-32-21-11-7-17(8-12-21)15-27-30-25(31)24-14-23(28-29-24)19-3-2-4-22(13-19)33-16-18-5-9-20(26)10-6-18/h2-15H,16H2,1H3,(H,28,29)(H,30,31)/b27-15+. The van der Waals surface area contributed by atoms with Gasteiger partial charge in [0.15, 0.2) is 0 Å². The first-order valence-electron chi connectivity index (χ1n) is 10.1. The topological polar surface area (TPSA) is 88.6 Å². The molecule has 33 heavy (non-hydrogen) atoms. The molecule has 0 radical (unpaired) electrons. The van der Waals surface area contributed by atoms with E-state index in [9.17, 15) is 4.79 Å². The van der Waals surface area contributed by atoms with E-state index in [1.165, 1.54) is 0 Å². The Morgan fingerprint density at radius 3 is 2.61 bits per heavy atom. The summed E-state index contributed by atoms with van der Waals surface area (Å²) in [5.41, 5.74) is 6.07. The summed E-state index contributed by atoms with van der Waals surface area (Å²) in [6, 6.07) is 24.0. The Hall–Kier alpha value is -4.10. The first kappa shape index (κ1) is 22.1. The van der Waals surface area contributed by atoms with Gasteiger partial charge in [0.05, 0.1) is 19.0 Å². The van der Waals surface area contributed by atoms with Crippen molar-refractivity contribution in [1.82, 2.24) is 15.6 Å². The van der Waals surface area contributed by atoms with Gasteiger partial charge in [-0.25, -0.2) is 5.43 Å². The Kier molecular flexibility index (Phi) is 7.02. The first-order chi connectivity index (χ1) is 16.1. The van der Waals surface area contributed by atoms with E-state index < -0.39 is 5.91 Å². The maximum absolute atomic E-state index is 12.4. The van der Waals surface area contributed by atoms with Crippen LogP contribution in [0, 0.1) is 0 Å². The van der Waals surface area contributed by atoms with Crippen molar-refractivity contribution in [2.75, 3.05) is 7.11 Å². The quantitative estimate of drug-likeness (QED) is 0.283. The van der Waals surface area contributed by atoms with Gasteiger partial charge in [0.2, 0.25) is 0 Å². The number of nitrogens with one attached hydrogen (secondary N) is 2. The molecule has 4 aromatic rings. The lowest BCUT2D eigenvalue weighted by Gasteiger charge is -2.07. The minimum atomic E-state index is -0.395. The van der Waals surface area contributed by atoms with Crippen LogP contribution in [0.3, 0.4) is 0 Å². The molecule has 0 atom stereocenters. The minimum absolute atomic E-state index is 0.296. The number of rotatable bonds is 8. The number of methoxy groups -OCH3 is 1. The summed E-state index contributed by atoms with van der Waals surface area (Å²) in [4.78, 5) is 12.4. The molecule has 2 N–H and O–H groups in total. The largest absolute Gasteiger partial charge is 0.497 e. The molecule has 0 aliphatic heterocycles. The molecule has 0 saturated carbocycles. The smallest absolute Gasteiger partial charge is 0.289 e. The molecule has 0 aliphatic carbocycles. The monoisotopic (exact) mass is 460 g/mol. The van der Waals surface area contributed by atoms with Crippen LogP contribution in [0.25, 0.3) is 11.3 Å². The third-order valence-electron chi connectivity index (χ3n) is 4.77. The molecular weight excluding hydrogens is 440 g/mol. The average molecular weight is 461 g/mol. The first-order valence-corrected chi connectivity index (χ1v) is 10.5. The van der Waals surface area contributed by atoms with Gasteiger partial charge in [-0.2, -0.15) is 10.2 Å². The van der Waals surface area contributed by atoms with Crippen LogP contribution in [0.2, 0.25) is 5.02 Å². The normalized spacial score (nSPS) is 10.8. The second kappa shape index (κ2) is 10.5. The lowest BCUT2D eigenvalue weighted by Crippen LogP contribution is -2.17. The van der Waals surface area contributed by atoms with Crippen LogP contribution in [0.5, 0.6) is 11.5 Å². The number of ether oxygens (including phenoxy) is 2. The van der Waals surface area contributed by atoms with Gasteiger partial charge in [-0.05, 0) is 65.7 Å². The Morgan fingerprint density at radius 1 is 1.06 bits per heavy atom. The van der Waals surface area contributed by atoms with Crippen LogP contribution in [0.1, 0.15) is 21.6 Å². The van der Waals surface area contributed by atoms with Crippen LogP contribution in [-0.2, 0) is 6.61 Å². The van der Waals surface area contributed by atoms with Crippen molar-refractivity contribution in [2.45, 2.75) is 6.61 Å². The van der Waals surface area contributed by atoms with Gasteiger partial charge < -0.3 is 9.47 Å². The molecule has 0 saturated heterocycles. The number of hydrazone groups is 1. The second-order valence-corrected chi connectivity index (χ2v) is 7.52. The number of hydrogen-bond donors (Lipinski definition) is 2. The average Bonchev–Trinajstić information content (AvgIpc) is 3.35. The van der Waals surface area contributed by atoms with E-state index in [1.807, 2.05) is 72.8 Å². The molecule has 4 rings (SSSR count). The Bertz CT molecular complexity index is 1250. The maximum Gasteiger partial charge on any atom is 0.289 e. The molecule has 1 amide bonds. The van der Waals surface area contributed by atoms with E-state index in [0.29, 0.717) is 28.8 Å². The molecule has 0 unspecified atom stereocenters. The molecule has 166 valence electrons. The molecule has 0 fully saturated rings. The van der Waals surface area contributed by atoms with Crippen molar-refractivity contribution in [2.24, 2.45) is 5.10 Å². The zero-order valence-electron chi connectivity index (χ0n) is 17.8. The number of H-pyrrole nitrogens is 1. The Labute approximate surface area is 196 Å². The van der Waals surface area contributed by atoms with Gasteiger partial charge in [0, 0.05) is 10.6 Å². The summed E-state index contributed by atoms with van der Waals surface area (Å²) >= 11 is 5.92. The minimum Gasteiger partial charge on any atom is -0.497 e. The van der Waals surface area contributed by atoms with Crippen molar-refractivity contribution in [3.63, 3.8) is 0 Å². The van der Waals surface area contributed by atoms with Crippen LogP contribution in [-0.4, -0.2) is 29.4 Å². The summed E-state index contributed by atoms with van der Waals surface area (Å²) in [7, 11) is 1.60. The Morgan fingerprint density at radius 2 is 1.85 bits per heavy atom. The lowest BCUT2D eigenvalue weighted by atomic mass is 10.1. The van der Waals surface area contributed by atoms with Crippen molar-refractivity contribution in [3.05, 3.63) is 101 Å². The van der Waals surface area contributed by atoms with E-state index >= 15 is 0 Å². The zero-order chi connectivity index (χ0) is 23.0. The summed E-state index contributed by atoms with van der Waals surface area (Å²) in [6.07, 6.45) is 1.55. The van der Waals surface area contributed by atoms with Crippen molar-refractivity contribution >= 4 is 23.7 Å². The molecule has 1 aromatic heterocycles. The van der Waals surface area contributed by atoms with Gasteiger partial charge >= 0.3 is 0 Å². The fourth-order valence-electron chi connectivity index (χ4n) is 2.99. The van der Waals surface area contributed by atoms with Gasteiger partial charge in [-0.3, -0.25) is 9.89 Å². The van der Waals surface area contributed by atoms with E-state index in [1.54, 1.807) is 19.4 Å². The molecule has 1 heterocycles. The van der Waals surface area contributed by atoms with Gasteiger partial charge in [0.1, 0.15) is 23.8 Å². The predicted molar refractivity (Wildman–Crippen MR) is 128 cm³/mol. The number of nitrogens with zero attached hydrogens (tertiary/aromatic N) is 2. The number of aromatic amines is 1. The Balaban J connectivity index is 1.36. The third kappa shape index (κ3) is 5.99. The predicted octanol–water partition coefficient (Wildman–Crippen LogP) is 5.08. The number of carbonyl (C=O) groups excluding carboxylic acids is 1. The zero-order valence-corrected chi connectivity index (χ0v) is 18.5. The fraction of sp³-hybridized carbons (Fsp3) is 0.0800. The number of benzene rings is 3. The summed E-state index contributed by atoms with van der Waals surface area (Å²) in [5.74, 6) is 1.05. The van der Waals surface area contributed by atoms with Crippen LogP contribution in [0.4, 0.5) is 0 Å². The van der Waals surface area contributed by atoms with Crippen molar-refractivity contribution < 1.29 is 14.3 Å². The van der Waals surface area contributed by atoms with E-state index in [4.69, 9.17) is 21.1 Å². The van der Waals surface area contributed by atoms with Gasteiger partial charge in [0.25, 0.3) is 5.91 Å². The summed E-state index contributed by atoms with van der Waals surface area (Å²) < 4.78 is 11.0. The van der Waals surface area contributed by atoms with E-state index in [-0.39, 0.29) is 0 Å². The molecular formula is C25H21ClN4O3. The second-order valence-electron chi connectivity index (χ2n) is 7.08. The summed E-state index contributed by atoms with van der Waals surface area (Å²) in [5, 5.41) is 11.7. The molecule has 0 aliphatic rings. The highest BCUT2D eigenvalue weighted by atomic mass is 35.5. The van der Waals surface area contributed by atoms with Crippen LogP contribution < -0.4 is 14.9 Å². The number of carbonyl (C=O) groups is 1. The van der Waals surface area contributed by atoms with E-state index in [0.717, 1.165) is 22.4 Å². The summed E-state index contributed by atoms with van der Waals surface area (Å²) in [6.45, 7) is 0.418. The highest BCUT2D eigenvalue weighted by Gasteiger charge is 2.11.